The lowest BCUT2D eigenvalue weighted by molar-refractivity contribution is -0.131. The Kier molecular flexibility index (Phi) is 5.42. The summed E-state index contributed by atoms with van der Waals surface area (Å²) < 4.78 is 10.3. The van der Waals surface area contributed by atoms with Gasteiger partial charge in [0.15, 0.2) is 6.39 Å². The van der Waals surface area contributed by atoms with Crippen LogP contribution in [0.1, 0.15) is 48.4 Å². The van der Waals surface area contributed by atoms with Crippen LogP contribution in [0.2, 0.25) is 0 Å². The molecule has 2 aliphatic heterocycles. The molecule has 0 saturated carbocycles. The van der Waals surface area contributed by atoms with Crippen LogP contribution in [-0.2, 0) is 9.53 Å². The Balaban J connectivity index is 1.58. The lowest BCUT2D eigenvalue weighted by atomic mass is 9.73. The molecule has 2 saturated heterocycles. The molecule has 25 heavy (non-hydrogen) atoms. The molecule has 7 heteroatoms. The molecule has 2 fully saturated rings. The monoisotopic (exact) mass is 349 g/mol. The molecule has 3 rings (SSSR count). The first-order chi connectivity index (χ1) is 12.0. The van der Waals surface area contributed by atoms with E-state index in [-0.39, 0.29) is 17.2 Å². The van der Waals surface area contributed by atoms with Crippen LogP contribution in [0.4, 0.5) is 0 Å². The van der Waals surface area contributed by atoms with Crippen molar-refractivity contribution in [1.82, 2.24) is 14.8 Å². The summed E-state index contributed by atoms with van der Waals surface area (Å²) in [5, 5.41) is 0. The Morgan fingerprint density at radius 1 is 1.28 bits per heavy atom. The van der Waals surface area contributed by atoms with E-state index in [2.05, 4.69) is 4.98 Å². The summed E-state index contributed by atoms with van der Waals surface area (Å²) in [4.78, 5) is 32.6. The third-order valence-corrected chi connectivity index (χ3v) is 5.75. The normalized spacial score (nSPS) is 20.8. The maximum atomic E-state index is 12.6. The number of likely N-dealkylation sites (tertiary alicyclic amines) is 2. The van der Waals surface area contributed by atoms with Gasteiger partial charge in [0.05, 0.1) is 12.3 Å². The second-order valence-corrected chi connectivity index (χ2v) is 7.18. The molecule has 2 amide bonds. The molecule has 1 aromatic heterocycles. The van der Waals surface area contributed by atoms with E-state index >= 15 is 0 Å². The van der Waals surface area contributed by atoms with Gasteiger partial charge in [-0.2, -0.15) is 0 Å². The summed E-state index contributed by atoms with van der Waals surface area (Å²) in [7, 11) is 1.66. The maximum absolute atomic E-state index is 12.6. The van der Waals surface area contributed by atoms with Gasteiger partial charge in [0.25, 0.3) is 5.91 Å². The molecule has 0 atom stereocenters. The zero-order valence-electron chi connectivity index (χ0n) is 15.1. The zero-order valence-corrected chi connectivity index (χ0v) is 15.1. The first-order valence-electron chi connectivity index (χ1n) is 9.01. The lowest BCUT2D eigenvalue weighted by Gasteiger charge is -2.41. The highest BCUT2D eigenvalue weighted by atomic mass is 16.5. The van der Waals surface area contributed by atoms with E-state index in [1.807, 2.05) is 9.80 Å². The van der Waals surface area contributed by atoms with E-state index in [0.717, 1.165) is 32.2 Å². The number of hydrogen-bond acceptors (Lipinski definition) is 5. The first kappa shape index (κ1) is 17.9. The third kappa shape index (κ3) is 3.86. The van der Waals surface area contributed by atoms with Crippen molar-refractivity contribution < 1.29 is 18.7 Å². The van der Waals surface area contributed by atoms with Crippen molar-refractivity contribution in [2.24, 2.45) is 5.41 Å². The van der Waals surface area contributed by atoms with Gasteiger partial charge >= 0.3 is 0 Å². The number of nitrogens with zero attached hydrogens (tertiary/aromatic N) is 3. The van der Waals surface area contributed by atoms with Crippen LogP contribution in [0.3, 0.4) is 0 Å². The highest BCUT2D eigenvalue weighted by Crippen LogP contribution is 2.41. The number of carbonyl (C=O) groups excluding carboxylic acids is 2. The van der Waals surface area contributed by atoms with E-state index in [1.54, 1.807) is 14.0 Å². The number of aromatic nitrogens is 1. The number of hydrogen-bond donors (Lipinski definition) is 0. The standard InChI is InChI=1S/C18H27N3O4/c1-14-16(25-13-19-14)17(23)21-9-6-18(7-10-21)4-3-15(22)20(8-5-18)11-12-24-2/h13H,3-12H2,1-2H3. The molecule has 1 aromatic rings. The van der Waals surface area contributed by atoms with Crippen molar-refractivity contribution >= 4 is 11.8 Å². The van der Waals surface area contributed by atoms with Gasteiger partial charge in [0.2, 0.25) is 11.7 Å². The molecular formula is C18H27N3O4. The van der Waals surface area contributed by atoms with Gasteiger partial charge in [0, 0.05) is 39.7 Å². The predicted molar refractivity (Wildman–Crippen MR) is 91.1 cm³/mol. The zero-order chi connectivity index (χ0) is 17.9. The fourth-order valence-electron chi connectivity index (χ4n) is 3.92. The van der Waals surface area contributed by atoms with Gasteiger partial charge in [-0.05, 0) is 38.0 Å². The van der Waals surface area contributed by atoms with E-state index in [9.17, 15) is 9.59 Å². The Morgan fingerprint density at radius 2 is 2.00 bits per heavy atom. The van der Waals surface area contributed by atoms with Gasteiger partial charge in [-0.15, -0.1) is 0 Å². The lowest BCUT2D eigenvalue weighted by Crippen LogP contribution is -2.43. The number of amides is 2. The molecule has 0 bridgehead atoms. The summed E-state index contributed by atoms with van der Waals surface area (Å²) >= 11 is 0. The van der Waals surface area contributed by atoms with Crippen LogP contribution in [0.25, 0.3) is 0 Å². The highest BCUT2D eigenvalue weighted by Gasteiger charge is 2.39. The number of piperidine rings is 1. The number of rotatable bonds is 4. The Morgan fingerprint density at radius 3 is 2.64 bits per heavy atom. The second kappa shape index (κ2) is 7.56. The van der Waals surface area contributed by atoms with Crippen LogP contribution < -0.4 is 0 Å². The molecule has 1 spiro atoms. The predicted octanol–water partition coefficient (Wildman–Crippen LogP) is 1.86. The van der Waals surface area contributed by atoms with Gasteiger partial charge < -0.3 is 19.0 Å². The Bertz CT molecular complexity index is 620. The van der Waals surface area contributed by atoms with Gasteiger partial charge in [-0.1, -0.05) is 0 Å². The molecule has 0 N–H and O–H groups in total. The van der Waals surface area contributed by atoms with Crippen LogP contribution >= 0.6 is 0 Å². The van der Waals surface area contributed by atoms with E-state index in [1.165, 1.54) is 6.39 Å². The minimum absolute atomic E-state index is 0.0729. The third-order valence-electron chi connectivity index (χ3n) is 5.75. The maximum Gasteiger partial charge on any atom is 0.291 e. The Labute approximate surface area is 148 Å². The summed E-state index contributed by atoms with van der Waals surface area (Å²) in [6.45, 7) is 5.25. The van der Waals surface area contributed by atoms with Crippen molar-refractivity contribution in [2.45, 2.75) is 39.0 Å². The van der Waals surface area contributed by atoms with Crippen molar-refractivity contribution in [1.29, 1.82) is 0 Å². The molecule has 0 aliphatic carbocycles. The van der Waals surface area contributed by atoms with E-state index in [4.69, 9.17) is 9.15 Å². The van der Waals surface area contributed by atoms with Crippen molar-refractivity contribution in [2.75, 3.05) is 39.9 Å². The molecule has 7 nitrogen and oxygen atoms in total. The second-order valence-electron chi connectivity index (χ2n) is 7.18. The fourth-order valence-corrected chi connectivity index (χ4v) is 3.92. The molecule has 0 unspecified atom stereocenters. The average molecular weight is 349 g/mol. The summed E-state index contributed by atoms with van der Waals surface area (Å²) in [5.41, 5.74) is 0.809. The minimum atomic E-state index is -0.0729. The summed E-state index contributed by atoms with van der Waals surface area (Å²) in [5.74, 6) is 0.499. The summed E-state index contributed by atoms with van der Waals surface area (Å²) in [6.07, 6.45) is 5.72. The number of aryl methyl sites for hydroxylation is 1. The fraction of sp³-hybridized carbons (Fsp3) is 0.722. The Hall–Kier alpha value is -1.89. The number of oxazole rings is 1. The van der Waals surface area contributed by atoms with Gasteiger partial charge in [0.1, 0.15) is 0 Å². The molecule has 3 heterocycles. The molecule has 2 aliphatic rings. The van der Waals surface area contributed by atoms with E-state index in [0.29, 0.717) is 44.1 Å². The molecule has 0 aromatic carbocycles. The van der Waals surface area contributed by atoms with Crippen molar-refractivity contribution in [3.05, 3.63) is 17.8 Å². The van der Waals surface area contributed by atoms with E-state index < -0.39 is 0 Å². The number of methoxy groups -OCH3 is 1. The molecule has 138 valence electrons. The topological polar surface area (TPSA) is 75.9 Å². The molecular weight excluding hydrogens is 322 g/mol. The SMILES string of the molecule is COCCN1CCC2(CCC1=O)CCN(C(=O)c1ocnc1C)CC2. The molecule has 0 radical (unpaired) electrons. The van der Waals surface area contributed by atoms with Crippen molar-refractivity contribution in [3.8, 4) is 0 Å². The van der Waals surface area contributed by atoms with Crippen LogP contribution in [-0.4, -0.2) is 66.5 Å². The van der Waals surface area contributed by atoms with Crippen LogP contribution in [0, 0.1) is 12.3 Å². The number of carbonyl (C=O) groups is 2. The van der Waals surface area contributed by atoms with Gasteiger partial charge in [-0.25, -0.2) is 4.98 Å². The van der Waals surface area contributed by atoms with Gasteiger partial charge in [-0.3, -0.25) is 9.59 Å². The minimum Gasteiger partial charge on any atom is -0.438 e. The number of ether oxygens (including phenoxy) is 1. The van der Waals surface area contributed by atoms with Crippen molar-refractivity contribution in [3.63, 3.8) is 0 Å². The largest absolute Gasteiger partial charge is 0.438 e. The smallest absolute Gasteiger partial charge is 0.291 e. The quantitative estimate of drug-likeness (QED) is 0.829. The highest BCUT2D eigenvalue weighted by molar-refractivity contribution is 5.92. The first-order valence-corrected chi connectivity index (χ1v) is 9.01. The van der Waals surface area contributed by atoms with Crippen LogP contribution in [0.5, 0.6) is 0 Å². The summed E-state index contributed by atoms with van der Waals surface area (Å²) in [6, 6.07) is 0. The van der Waals surface area contributed by atoms with Crippen LogP contribution in [0.15, 0.2) is 10.8 Å². The average Bonchev–Trinajstić information content (AvgIpc) is 2.99.